The Bertz CT molecular complexity index is 1190. The van der Waals surface area contributed by atoms with Gasteiger partial charge in [0.1, 0.15) is 0 Å². The van der Waals surface area contributed by atoms with Crippen LogP contribution in [0.2, 0.25) is 0 Å². The standard InChI is InChI=1S/C24H28N6O3/c1-16-20-10-18(13-26-21(20)29(2)28-16)23(32)30-15-24(5-8-33-9-6-24)11-19(30)14-27-22(31)17-4-3-7-25-12-17/h3-4,7,10,12-13,19H,5-6,8-9,11,14-15H2,1-2H3,(H,27,31). The first-order valence-electron chi connectivity index (χ1n) is 11.3. The number of pyridine rings is 2. The summed E-state index contributed by atoms with van der Waals surface area (Å²) in [5, 5.41) is 8.30. The van der Waals surface area contributed by atoms with Crippen molar-refractivity contribution in [2.24, 2.45) is 12.5 Å². The van der Waals surface area contributed by atoms with Gasteiger partial charge in [-0.05, 0) is 49.8 Å². The van der Waals surface area contributed by atoms with E-state index in [9.17, 15) is 9.59 Å². The number of rotatable bonds is 4. The van der Waals surface area contributed by atoms with E-state index in [4.69, 9.17) is 4.74 Å². The van der Waals surface area contributed by atoms with Gasteiger partial charge in [0.2, 0.25) is 0 Å². The summed E-state index contributed by atoms with van der Waals surface area (Å²) in [5.41, 5.74) is 2.69. The first kappa shape index (κ1) is 21.5. The molecule has 0 bridgehead atoms. The molecule has 1 atom stereocenters. The van der Waals surface area contributed by atoms with Gasteiger partial charge in [0, 0.05) is 63.4 Å². The molecule has 2 aliphatic heterocycles. The van der Waals surface area contributed by atoms with Crippen LogP contribution in [0.1, 0.15) is 45.7 Å². The normalized spacial score (nSPS) is 19.8. The Morgan fingerprint density at radius 3 is 2.82 bits per heavy atom. The molecule has 1 unspecified atom stereocenters. The molecule has 3 aromatic heterocycles. The summed E-state index contributed by atoms with van der Waals surface area (Å²) in [4.78, 5) is 36.7. The van der Waals surface area contributed by atoms with E-state index in [-0.39, 0.29) is 23.3 Å². The van der Waals surface area contributed by atoms with Crippen LogP contribution < -0.4 is 5.32 Å². The average molecular weight is 449 g/mol. The summed E-state index contributed by atoms with van der Waals surface area (Å²) in [6, 6.07) is 5.26. The number of nitrogens with zero attached hydrogens (tertiary/aromatic N) is 5. The number of likely N-dealkylation sites (tertiary alicyclic amines) is 1. The van der Waals surface area contributed by atoms with Gasteiger partial charge < -0.3 is 15.0 Å². The van der Waals surface area contributed by atoms with E-state index in [0.717, 1.165) is 36.0 Å². The quantitative estimate of drug-likeness (QED) is 0.656. The van der Waals surface area contributed by atoms with Gasteiger partial charge in [-0.25, -0.2) is 4.98 Å². The highest BCUT2D eigenvalue weighted by molar-refractivity contribution is 5.98. The predicted molar refractivity (Wildman–Crippen MR) is 122 cm³/mol. The second-order valence-electron chi connectivity index (χ2n) is 9.16. The monoisotopic (exact) mass is 448 g/mol. The highest BCUT2D eigenvalue weighted by atomic mass is 16.5. The van der Waals surface area contributed by atoms with Gasteiger partial charge in [-0.3, -0.25) is 19.3 Å². The molecule has 2 aliphatic rings. The molecule has 2 amide bonds. The fourth-order valence-electron chi connectivity index (χ4n) is 5.15. The number of aromatic nitrogens is 4. The minimum Gasteiger partial charge on any atom is -0.381 e. The maximum absolute atomic E-state index is 13.7. The van der Waals surface area contributed by atoms with Crippen LogP contribution in [0.5, 0.6) is 0 Å². The first-order valence-corrected chi connectivity index (χ1v) is 11.3. The molecular formula is C24H28N6O3. The summed E-state index contributed by atoms with van der Waals surface area (Å²) in [6.07, 6.45) is 7.50. The van der Waals surface area contributed by atoms with Crippen molar-refractivity contribution in [3.8, 4) is 0 Å². The predicted octanol–water partition coefficient (Wildman–Crippen LogP) is 2.11. The van der Waals surface area contributed by atoms with E-state index in [1.165, 1.54) is 0 Å². The number of amides is 2. The Kier molecular flexibility index (Phi) is 5.57. The molecule has 33 heavy (non-hydrogen) atoms. The molecule has 3 aromatic rings. The number of nitrogens with one attached hydrogen (secondary N) is 1. The topological polar surface area (TPSA) is 102 Å². The average Bonchev–Trinajstić information content (AvgIpc) is 3.34. The zero-order chi connectivity index (χ0) is 23.0. The lowest BCUT2D eigenvalue weighted by atomic mass is 9.78. The van der Waals surface area contributed by atoms with E-state index in [1.807, 2.05) is 24.9 Å². The molecule has 0 saturated carbocycles. The van der Waals surface area contributed by atoms with Crippen molar-refractivity contribution in [1.29, 1.82) is 0 Å². The van der Waals surface area contributed by atoms with E-state index < -0.39 is 0 Å². The summed E-state index contributed by atoms with van der Waals surface area (Å²) >= 11 is 0. The third-order valence-electron chi connectivity index (χ3n) is 6.96. The molecular weight excluding hydrogens is 420 g/mol. The molecule has 9 nitrogen and oxygen atoms in total. The van der Waals surface area contributed by atoms with Gasteiger partial charge >= 0.3 is 0 Å². The van der Waals surface area contributed by atoms with Crippen molar-refractivity contribution < 1.29 is 14.3 Å². The second kappa shape index (κ2) is 8.55. The Hall–Kier alpha value is -3.33. The Balaban J connectivity index is 1.39. The lowest BCUT2D eigenvalue weighted by Crippen LogP contribution is -2.43. The van der Waals surface area contributed by atoms with Crippen LogP contribution in [0.3, 0.4) is 0 Å². The molecule has 5 heterocycles. The third-order valence-corrected chi connectivity index (χ3v) is 6.96. The summed E-state index contributed by atoms with van der Waals surface area (Å²) < 4.78 is 7.32. The summed E-state index contributed by atoms with van der Waals surface area (Å²) in [5.74, 6) is -0.242. The number of aryl methyl sites for hydroxylation is 2. The lowest BCUT2D eigenvalue weighted by molar-refractivity contribution is 0.0190. The van der Waals surface area contributed by atoms with Crippen molar-refractivity contribution in [2.45, 2.75) is 32.2 Å². The Labute approximate surface area is 192 Å². The van der Waals surface area contributed by atoms with Gasteiger partial charge in [-0.15, -0.1) is 0 Å². The van der Waals surface area contributed by atoms with Crippen LogP contribution in [-0.2, 0) is 11.8 Å². The summed E-state index contributed by atoms with van der Waals surface area (Å²) in [6.45, 7) is 4.39. The number of fused-ring (bicyclic) bond motifs is 1. The van der Waals surface area contributed by atoms with Crippen molar-refractivity contribution in [2.75, 3.05) is 26.3 Å². The molecule has 2 saturated heterocycles. The zero-order valence-corrected chi connectivity index (χ0v) is 19.0. The molecule has 172 valence electrons. The minimum absolute atomic E-state index is 0.0271. The molecule has 1 N–H and O–H groups in total. The van der Waals surface area contributed by atoms with Crippen molar-refractivity contribution >= 4 is 22.8 Å². The molecule has 0 radical (unpaired) electrons. The third kappa shape index (κ3) is 4.08. The second-order valence-corrected chi connectivity index (χ2v) is 9.16. The first-order chi connectivity index (χ1) is 16.0. The van der Waals surface area contributed by atoms with Gasteiger partial charge in [-0.2, -0.15) is 5.10 Å². The highest BCUT2D eigenvalue weighted by Gasteiger charge is 2.46. The molecule has 2 fully saturated rings. The smallest absolute Gasteiger partial charge is 0.255 e. The molecule has 0 aromatic carbocycles. The van der Waals surface area contributed by atoms with Gasteiger partial charge in [0.25, 0.3) is 11.8 Å². The van der Waals surface area contributed by atoms with E-state index in [1.54, 1.807) is 35.4 Å². The minimum atomic E-state index is -0.183. The van der Waals surface area contributed by atoms with Crippen molar-refractivity contribution in [3.63, 3.8) is 0 Å². The van der Waals surface area contributed by atoms with E-state index >= 15 is 0 Å². The van der Waals surface area contributed by atoms with Gasteiger partial charge in [0.15, 0.2) is 5.65 Å². The van der Waals surface area contributed by atoms with Crippen molar-refractivity contribution in [1.82, 2.24) is 30.0 Å². The molecule has 5 rings (SSSR count). The van der Waals surface area contributed by atoms with Crippen LogP contribution in [-0.4, -0.2) is 68.8 Å². The van der Waals surface area contributed by atoms with Gasteiger partial charge in [0.05, 0.1) is 16.8 Å². The fraction of sp³-hybridized carbons (Fsp3) is 0.458. The number of carbonyl (C=O) groups is 2. The Morgan fingerprint density at radius 2 is 2.06 bits per heavy atom. The maximum Gasteiger partial charge on any atom is 0.255 e. The van der Waals surface area contributed by atoms with Crippen LogP contribution in [0.4, 0.5) is 0 Å². The van der Waals surface area contributed by atoms with E-state index in [0.29, 0.717) is 37.4 Å². The van der Waals surface area contributed by atoms with Crippen LogP contribution >= 0.6 is 0 Å². The SMILES string of the molecule is Cc1nn(C)c2ncc(C(=O)N3CC4(CCOCC4)CC3CNC(=O)c3cccnc3)cc12. The van der Waals surface area contributed by atoms with Gasteiger partial charge in [-0.1, -0.05) is 0 Å². The highest BCUT2D eigenvalue weighted by Crippen LogP contribution is 2.43. The molecule has 1 spiro atoms. The number of ether oxygens (including phenoxy) is 1. The zero-order valence-electron chi connectivity index (χ0n) is 19.0. The fourth-order valence-corrected chi connectivity index (χ4v) is 5.15. The van der Waals surface area contributed by atoms with Crippen molar-refractivity contribution in [3.05, 3.63) is 53.6 Å². The number of hydrogen-bond acceptors (Lipinski definition) is 6. The Morgan fingerprint density at radius 1 is 1.24 bits per heavy atom. The lowest BCUT2D eigenvalue weighted by Gasteiger charge is -2.33. The number of carbonyl (C=O) groups excluding carboxylic acids is 2. The molecule has 0 aliphatic carbocycles. The molecule has 9 heteroatoms. The van der Waals surface area contributed by atoms with Crippen LogP contribution in [0, 0.1) is 12.3 Å². The van der Waals surface area contributed by atoms with Crippen LogP contribution in [0.25, 0.3) is 11.0 Å². The summed E-state index contributed by atoms with van der Waals surface area (Å²) in [7, 11) is 1.85. The largest absolute Gasteiger partial charge is 0.381 e. The van der Waals surface area contributed by atoms with E-state index in [2.05, 4.69) is 20.4 Å². The van der Waals surface area contributed by atoms with Crippen LogP contribution in [0.15, 0.2) is 36.8 Å². The number of hydrogen-bond donors (Lipinski definition) is 1. The maximum atomic E-state index is 13.7.